The maximum Gasteiger partial charge on any atom is 0.414 e. The van der Waals surface area contributed by atoms with Gasteiger partial charge >= 0.3 is 16.2 Å². The van der Waals surface area contributed by atoms with E-state index in [1.54, 1.807) is 4.90 Å². The number of cyclic esters (lactones) is 1. The standard InChI is InChI=1S/C18H23F2N3O6S/c1-11(24)21-9-12-10-23(18(25)28-12)14-8-13(19)17(29-30(2,26)27)15(20)16(14)22-6-4-3-5-7-22/h8,12H,3-7,9-10H2,1-2H3,(H,21,24)/t12-/m0/s1. The second-order valence-electron chi connectivity index (χ2n) is 7.26. The number of hydrogen-bond acceptors (Lipinski definition) is 7. The van der Waals surface area contributed by atoms with Gasteiger partial charge in [-0.25, -0.2) is 13.6 Å². The van der Waals surface area contributed by atoms with Crippen molar-refractivity contribution in [3.8, 4) is 5.75 Å². The molecule has 2 fully saturated rings. The van der Waals surface area contributed by atoms with Crippen LogP contribution in [0.5, 0.6) is 5.75 Å². The fourth-order valence-electron chi connectivity index (χ4n) is 3.51. The summed E-state index contributed by atoms with van der Waals surface area (Å²) in [5.41, 5.74) is -0.199. The largest absolute Gasteiger partial charge is 0.442 e. The first-order valence-corrected chi connectivity index (χ1v) is 11.3. The molecule has 1 aromatic carbocycles. The molecule has 0 spiro atoms. The van der Waals surface area contributed by atoms with Crippen LogP contribution in [0.25, 0.3) is 0 Å². The average molecular weight is 447 g/mol. The van der Waals surface area contributed by atoms with Gasteiger partial charge in [0.2, 0.25) is 11.7 Å². The van der Waals surface area contributed by atoms with Gasteiger partial charge in [0, 0.05) is 26.1 Å². The number of benzene rings is 1. The molecule has 0 aromatic heterocycles. The van der Waals surface area contributed by atoms with Crippen LogP contribution in [-0.4, -0.2) is 59.0 Å². The first kappa shape index (κ1) is 22.1. The van der Waals surface area contributed by atoms with Crippen molar-refractivity contribution < 1.29 is 35.7 Å². The van der Waals surface area contributed by atoms with Crippen molar-refractivity contribution in [2.75, 3.05) is 42.2 Å². The fraction of sp³-hybridized carbons (Fsp3) is 0.556. The fourth-order valence-corrected chi connectivity index (χ4v) is 3.97. The molecule has 1 atom stereocenters. The van der Waals surface area contributed by atoms with E-state index >= 15 is 4.39 Å². The molecule has 166 valence electrons. The number of nitrogens with one attached hydrogen (secondary N) is 1. The van der Waals surface area contributed by atoms with Crippen LogP contribution in [0.1, 0.15) is 26.2 Å². The SMILES string of the molecule is CC(=O)NC[C@H]1CN(c2cc(F)c(OS(C)(=O)=O)c(F)c2N2CCCCC2)C(=O)O1. The summed E-state index contributed by atoms with van der Waals surface area (Å²) in [6.45, 7) is 2.23. The molecule has 3 rings (SSSR count). The molecule has 9 nitrogen and oxygen atoms in total. The lowest BCUT2D eigenvalue weighted by Gasteiger charge is -2.32. The Balaban J connectivity index is 2.02. The molecule has 0 saturated carbocycles. The Morgan fingerprint density at radius 1 is 1.30 bits per heavy atom. The van der Waals surface area contributed by atoms with Crippen LogP contribution in [0.15, 0.2) is 6.07 Å². The normalized spacial score (nSPS) is 19.6. The Labute approximate surface area is 173 Å². The number of nitrogens with zero attached hydrogens (tertiary/aromatic N) is 2. The van der Waals surface area contributed by atoms with Crippen LogP contribution in [0, 0.1) is 11.6 Å². The molecule has 2 aliphatic rings. The van der Waals surface area contributed by atoms with Crippen LogP contribution in [0.2, 0.25) is 0 Å². The van der Waals surface area contributed by atoms with Crippen LogP contribution in [-0.2, 0) is 19.6 Å². The number of carbonyl (C=O) groups is 2. The monoisotopic (exact) mass is 447 g/mol. The number of halogens is 2. The summed E-state index contributed by atoms with van der Waals surface area (Å²) in [6, 6.07) is 0.871. The van der Waals surface area contributed by atoms with Gasteiger partial charge in [-0.3, -0.25) is 9.69 Å². The summed E-state index contributed by atoms with van der Waals surface area (Å²) in [4.78, 5) is 26.2. The number of piperidine rings is 1. The van der Waals surface area contributed by atoms with Crippen LogP contribution >= 0.6 is 0 Å². The van der Waals surface area contributed by atoms with Gasteiger partial charge in [0.05, 0.1) is 25.0 Å². The molecule has 2 saturated heterocycles. The molecule has 2 heterocycles. The number of rotatable bonds is 6. The Hall–Kier alpha value is -2.63. The average Bonchev–Trinajstić information content (AvgIpc) is 3.03. The summed E-state index contributed by atoms with van der Waals surface area (Å²) < 4.78 is 62.6. The summed E-state index contributed by atoms with van der Waals surface area (Å²) in [7, 11) is -4.18. The molecule has 12 heteroatoms. The van der Waals surface area contributed by atoms with Gasteiger partial charge in [0.15, 0.2) is 11.6 Å². The summed E-state index contributed by atoms with van der Waals surface area (Å²) >= 11 is 0. The molecule has 1 aromatic rings. The van der Waals surface area contributed by atoms with E-state index in [1.807, 2.05) is 0 Å². The first-order valence-electron chi connectivity index (χ1n) is 9.46. The summed E-state index contributed by atoms with van der Waals surface area (Å²) in [6.07, 6.45) is 1.62. The zero-order valence-corrected chi connectivity index (χ0v) is 17.4. The minimum absolute atomic E-state index is 0.0366. The van der Waals surface area contributed by atoms with Crippen molar-refractivity contribution in [3.05, 3.63) is 17.7 Å². The summed E-state index contributed by atoms with van der Waals surface area (Å²) in [5, 5.41) is 2.53. The third-order valence-electron chi connectivity index (χ3n) is 4.78. The van der Waals surface area contributed by atoms with Gasteiger partial charge in [-0.05, 0) is 19.3 Å². The van der Waals surface area contributed by atoms with E-state index in [9.17, 15) is 22.4 Å². The maximum absolute atomic E-state index is 15.3. The van der Waals surface area contributed by atoms with Gasteiger partial charge in [-0.2, -0.15) is 8.42 Å². The molecule has 0 unspecified atom stereocenters. The smallest absolute Gasteiger partial charge is 0.414 e. The highest BCUT2D eigenvalue weighted by atomic mass is 32.2. The third-order valence-corrected chi connectivity index (χ3v) is 5.25. The highest BCUT2D eigenvalue weighted by Gasteiger charge is 2.37. The van der Waals surface area contributed by atoms with E-state index in [1.165, 1.54) is 6.92 Å². The minimum Gasteiger partial charge on any atom is -0.442 e. The first-order chi connectivity index (χ1) is 14.1. The molecular weight excluding hydrogens is 424 g/mol. The number of hydrogen-bond donors (Lipinski definition) is 1. The Morgan fingerprint density at radius 2 is 1.97 bits per heavy atom. The number of carbonyl (C=O) groups excluding carboxylic acids is 2. The second kappa shape index (κ2) is 8.62. The van der Waals surface area contributed by atoms with Gasteiger partial charge < -0.3 is 19.1 Å². The quantitative estimate of drug-likeness (QED) is 0.663. The predicted molar refractivity (Wildman–Crippen MR) is 104 cm³/mol. The zero-order chi connectivity index (χ0) is 22.1. The van der Waals surface area contributed by atoms with Gasteiger partial charge in [0.1, 0.15) is 11.8 Å². The van der Waals surface area contributed by atoms with E-state index in [0.717, 1.165) is 30.2 Å². The van der Waals surface area contributed by atoms with Crippen molar-refractivity contribution in [2.24, 2.45) is 0 Å². The topological polar surface area (TPSA) is 105 Å². The van der Waals surface area contributed by atoms with E-state index in [0.29, 0.717) is 19.3 Å². The zero-order valence-electron chi connectivity index (χ0n) is 16.6. The maximum atomic E-state index is 15.3. The molecule has 0 bridgehead atoms. The van der Waals surface area contributed by atoms with Gasteiger partial charge in [-0.15, -0.1) is 0 Å². The van der Waals surface area contributed by atoms with Gasteiger partial charge in [0.25, 0.3) is 0 Å². The lowest BCUT2D eigenvalue weighted by molar-refractivity contribution is -0.119. The van der Waals surface area contributed by atoms with Crippen molar-refractivity contribution >= 4 is 33.5 Å². The van der Waals surface area contributed by atoms with Crippen molar-refractivity contribution in [1.29, 1.82) is 0 Å². The molecule has 0 aliphatic carbocycles. The number of ether oxygens (including phenoxy) is 1. The van der Waals surface area contributed by atoms with Crippen molar-refractivity contribution in [2.45, 2.75) is 32.3 Å². The van der Waals surface area contributed by atoms with E-state index in [2.05, 4.69) is 9.50 Å². The lowest BCUT2D eigenvalue weighted by Crippen LogP contribution is -2.35. The predicted octanol–water partition coefficient (Wildman–Crippen LogP) is 1.75. The molecule has 2 amide bonds. The molecule has 30 heavy (non-hydrogen) atoms. The second-order valence-corrected chi connectivity index (χ2v) is 8.83. The third kappa shape index (κ3) is 4.91. The lowest BCUT2D eigenvalue weighted by atomic mass is 10.1. The highest BCUT2D eigenvalue weighted by Crippen LogP contribution is 2.42. The van der Waals surface area contributed by atoms with Crippen LogP contribution < -0.4 is 19.3 Å². The number of anilines is 2. The highest BCUT2D eigenvalue weighted by molar-refractivity contribution is 7.86. The van der Waals surface area contributed by atoms with Crippen molar-refractivity contribution in [1.82, 2.24) is 5.32 Å². The Bertz CT molecular complexity index is 950. The van der Waals surface area contributed by atoms with Crippen molar-refractivity contribution in [3.63, 3.8) is 0 Å². The van der Waals surface area contributed by atoms with E-state index in [4.69, 9.17) is 4.74 Å². The molecule has 0 radical (unpaired) electrons. The summed E-state index contributed by atoms with van der Waals surface area (Å²) in [5.74, 6) is -3.80. The Kier molecular flexibility index (Phi) is 6.34. The molecular formula is C18H23F2N3O6S. The minimum atomic E-state index is -4.18. The molecule has 2 aliphatic heterocycles. The number of amides is 2. The van der Waals surface area contributed by atoms with Crippen LogP contribution in [0.4, 0.5) is 25.0 Å². The molecule has 1 N–H and O–H groups in total. The van der Waals surface area contributed by atoms with E-state index in [-0.39, 0.29) is 30.4 Å². The van der Waals surface area contributed by atoms with E-state index < -0.39 is 39.7 Å². The Morgan fingerprint density at radius 3 is 2.57 bits per heavy atom. The van der Waals surface area contributed by atoms with Gasteiger partial charge in [-0.1, -0.05) is 0 Å². The van der Waals surface area contributed by atoms with Crippen LogP contribution in [0.3, 0.4) is 0 Å².